The van der Waals surface area contributed by atoms with Gasteiger partial charge in [-0.15, -0.1) is 10.2 Å². The van der Waals surface area contributed by atoms with Crippen molar-refractivity contribution in [3.8, 4) is 5.95 Å². The molecule has 0 amide bonds. The topological polar surface area (TPSA) is 107 Å². The van der Waals surface area contributed by atoms with Gasteiger partial charge in [0.05, 0.1) is 0 Å². The van der Waals surface area contributed by atoms with Crippen molar-refractivity contribution in [3.05, 3.63) is 24.6 Å². The van der Waals surface area contributed by atoms with Gasteiger partial charge < -0.3 is 9.73 Å². The van der Waals surface area contributed by atoms with E-state index < -0.39 is 0 Å². The third kappa shape index (κ3) is 2.59. The van der Waals surface area contributed by atoms with Gasteiger partial charge in [-0.1, -0.05) is 0 Å². The van der Waals surface area contributed by atoms with Gasteiger partial charge in [0.2, 0.25) is 22.9 Å². The number of hydrogen-bond donors (Lipinski definition) is 1. The number of nitrogens with zero attached hydrogens (tertiary/aromatic N) is 7. The maximum absolute atomic E-state index is 5.29. The fraction of sp³-hybridized carbons (Fsp3) is 0.200. The van der Waals surface area contributed by atoms with Gasteiger partial charge in [0, 0.05) is 38.1 Å². The van der Waals surface area contributed by atoms with Crippen LogP contribution in [0.3, 0.4) is 0 Å². The van der Waals surface area contributed by atoms with Crippen LogP contribution in [0.5, 0.6) is 0 Å². The van der Waals surface area contributed by atoms with E-state index in [9.17, 15) is 0 Å². The Hall–Kier alpha value is -2.49. The molecule has 3 aromatic rings. The number of hydrogen-bond acceptors (Lipinski definition) is 9. The Balaban J connectivity index is 1.96. The van der Waals surface area contributed by atoms with Crippen LogP contribution in [0.25, 0.3) is 5.95 Å². The Morgan fingerprint density at radius 2 is 2.15 bits per heavy atom. The van der Waals surface area contributed by atoms with Crippen LogP contribution in [0.2, 0.25) is 0 Å². The standard InChI is InChI=1S/C10H10N8OS/c1-6-16-17-10(19-6)20-9-14-7(11-2)13-8(15-9)18-4-3-12-5-18/h3-5H,1-2H3,(H,11,13,14,15). The summed E-state index contributed by atoms with van der Waals surface area (Å²) in [6, 6.07) is 0. The molecule has 3 aromatic heterocycles. The molecule has 0 unspecified atom stereocenters. The molecule has 3 rings (SSSR count). The van der Waals surface area contributed by atoms with E-state index in [1.165, 1.54) is 11.8 Å². The summed E-state index contributed by atoms with van der Waals surface area (Å²) in [6.45, 7) is 1.72. The molecule has 0 radical (unpaired) electrons. The van der Waals surface area contributed by atoms with Crippen LogP contribution in [0.4, 0.5) is 5.95 Å². The first-order valence-corrected chi connectivity index (χ1v) is 6.46. The lowest BCUT2D eigenvalue weighted by molar-refractivity contribution is 0.429. The molecule has 0 aromatic carbocycles. The monoisotopic (exact) mass is 290 g/mol. The van der Waals surface area contributed by atoms with E-state index >= 15 is 0 Å². The van der Waals surface area contributed by atoms with Crippen molar-refractivity contribution in [2.24, 2.45) is 0 Å². The Kier molecular flexibility index (Phi) is 3.29. The molecule has 0 spiro atoms. The lowest BCUT2D eigenvalue weighted by atomic mass is 10.8. The molecule has 0 aliphatic heterocycles. The molecule has 1 N–H and O–H groups in total. The van der Waals surface area contributed by atoms with E-state index in [4.69, 9.17) is 4.42 Å². The highest BCUT2D eigenvalue weighted by atomic mass is 32.2. The summed E-state index contributed by atoms with van der Waals surface area (Å²) in [6.07, 6.45) is 5.01. The van der Waals surface area contributed by atoms with Crippen LogP contribution < -0.4 is 5.32 Å². The molecule has 10 heteroatoms. The molecule has 0 bridgehead atoms. The normalized spacial score (nSPS) is 10.7. The number of imidazole rings is 1. The zero-order chi connectivity index (χ0) is 13.9. The van der Waals surface area contributed by atoms with Gasteiger partial charge in [0.25, 0.3) is 5.22 Å². The zero-order valence-corrected chi connectivity index (χ0v) is 11.5. The SMILES string of the molecule is CNc1nc(Sc2nnc(C)o2)nc(-n2ccnc2)n1. The van der Waals surface area contributed by atoms with Gasteiger partial charge in [-0.05, 0) is 0 Å². The minimum atomic E-state index is 0.382. The van der Waals surface area contributed by atoms with Crippen molar-refractivity contribution in [2.75, 3.05) is 12.4 Å². The highest BCUT2D eigenvalue weighted by molar-refractivity contribution is 7.98. The maximum Gasteiger partial charge on any atom is 0.284 e. The lowest BCUT2D eigenvalue weighted by Crippen LogP contribution is -2.06. The van der Waals surface area contributed by atoms with Gasteiger partial charge >= 0.3 is 0 Å². The molecule has 9 nitrogen and oxygen atoms in total. The Morgan fingerprint density at radius 1 is 1.25 bits per heavy atom. The summed E-state index contributed by atoms with van der Waals surface area (Å²) in [5, 5.41) is 11.4. The van der Waals surface area contributed by atoms with Crippen LogP contribution >= 0.6 is 11.8 Å². The highest BCUT2D eigenvalue weighted by Crippen LogP contribution is 2.24. The highest BCUT2D eigenvalue weighted by Gasteiger charge is 2.12. The predicted octanol–water partition coefficient (Wildman–Crippen LogP) is 0.942. The van der Waals surface area contributed by atoms with E-state index in [-0.39, 0.29) is 0 Å². The first kappa shape index (κ1) is 12.5. The van der Waals surface area contributed by atoms with Gasteiger partial charge in [-0.3, -0.25) is 4.57 Å². The summed E-state index contributed by atoms with van der Waals surface area (Å²) in [7, 11) is 1.73. The molecule has 0 fully saturated rings. The van der Waals surface area contributed by atoms with Gasteiger partial charge in [-0.2, -0.15) is 15.0 Å². The van der Waals surface area contributed by atoms with Crippen LogP contribution in [0.15, 0.2) is 33.5 Å². The molecule has 102 valence electrons. The number of rotatable bonds is 4. The maximum atomic E-state index is 5.29. The molecular weight excluding hydrogens is 280 g/mol. The van der Waals surface area contributed by atoms with E-state index in [0.29, 0.717) is 28.2 Å². The summed E-state index contributed by atoms with van der Waals surface area (Å²) < 4.78 is 6.98. The van der Waals surface area contributed by atoms with Crippen molar-refractivity contribution < 1.29 is 4.42 Å². The van der Waals surface area contributed by atoms with E-state index in [1.807, 2.05) is 0 Å². The largest absolute Gasteiger partial charge is 0.416 e. The number of nitrogens with one attached hydrogen (secondary N) is 1. The van der Waals surface area contributed by atoms with Crippen molar-refractivity contribution >= 4 is 17.7 Å². The number of aryl methyl sites for hydroxylation is 1. The first-order valence-electron chi connectivity index (χ1n) is 5.65. The molecule has 20 heavy (non-hydrogen) atoms. The first-order chi connectivity index (χ1) is 9.74. The van der Waals surface area contributed by atoms with Crippen LogP contribution in [-0.4, -0.2) is 41.7 Å². The lowest BCUT2D eigenvalue weighted by Gasteiger charge is -2.05. The second-order valence-corrected chi connectivity index (χ2v) is 4.57. The Labute approximate surface area is 117 Å². The molecule has 0 saturated heterocycles. The third-order valence-corrected chi connectivity index (χ3v) is 2.95. The fourth-order valence-electron chi connectivity index (χ4n) is 1.39. The van der Waals surface area contributed by atoms with Gasteiger partial charge in [-0.25, -0.2) is 4.98 Å². The van der Waals surface area contributed by atoms with Crippen LogP contribution in [-0.2, 0) is 0 Å². The third-order valence-electron chi connectivity index (χ3n) is 2.25. The van der Waals surface area contributed by atoms with E-state index in [0.717, 1.165) is 0 Å². The summed E-state index contributed by atoms with van der Waals surface area (Å²) in [5.41, 5.74) is 0. The molecule has 0 aliphatic rings. The second-order valence-electron chi connectivity index (χ2n) is 3.65. The van der Waals surface area contributed by atoms with Crippen LogP contribution in [0.1, 0.15) is 5.89 Å². The second kappa shape index (κ2) is 5.25. The zero-order valence-electron chi connectivity index (χ0n) is 10.7. The molecule has 0 aliphatic carbocycles. The fourth-order valence-corrected chi connectivity index (χ4v) is 2.05. The van der Waals surface area contributed by atoms with Gasteiger partial charge in [0.1, 0.15) is 6.33 Å². The van der Waals surface area contributed by atoms with Crippen molar-refractivity contribution in [2.45, 2.75) is 17.3 Å². The number of anilines is 1. The van der Waals surface area contributed by atoms with Crippen molar-refractivity contribution in [1.29, 1.82) is 0 Å². The number of aromatic nitrogens is 7. The Bertz CT molecular complexity index is 710. The molecular formula is C10H10N8OS. The smallest absolute Gasteiger partial charge is 0.284 e. The minimum Gasteiger partial charge on any atom is -0.416 e. The molecule has 3 heterocycles. The van der Waals surface area contributed by atoms with E-state index in [1.54, 1.807) is 37.3 Å². The summed E-state index contributed by atoms with van der Waals surface area (Å²) >= 11 is 1.17. The van der Waals surface area contributed by atoms with E-state index in [2.05, 4.69) is 35.5 Å². The van der Waals surface area contributed by atoms with Gasteiger partial charge in [0.15, 0.2) is 0 Å². The average Bonchev–Trinajstić information content (AvgIpc) is 3.10. The summed E-state index contributed by atoms with van der Waals surface area (Å²) in [5.74, 6) is 1.40. The van der Waals surface area contributed by atoms with Crippen molar-refractivity contribution in [3.63, 3.8) is 0 Å². The molecule has 0 atom stereocenters. The van der Waals surface area contributed by atoms with Crippen LogP contribution in [0, 0.1) is 6.92 Å². The molecule has 0 saturated carbocycles. The quantitative estimate of drug-likeness (QED) is 0.750. The predicted molar refractivity (Wildman–Crippen MR) is 69.7 cm³/mol. The van der Waals surface area contributed by atoms with Crippen molar-refractivity contribution in [1.82, 2.24) is 34.7 Å². The average molecular weight is 290 g/mol. The Morgan fingerprint density at radius 3 is 2.80 bits per heavy atom. The minimum absolute atomic E-state index is 0.382. The summed E-state index contributed by atoms with van der Waals surface area (Å²) in [4.78, 5) is 16.8.